The number of benzene rings is 3. The Morgan fingerprint density at radius 1 is 0.788 bits per heavy atom. The van der Waals surface area contributed by atoms with Gasteiger partial charge in [0.05, 0.1) is 23.3 Å². The number of hydrazine groups is 1. The van der Waals surface area contributed by atoms with Crippen molar-refractivity contribution < 1.29 is 0 Å². The first-order chi connectivity index (χ1) is 15.7. The molecule has 168 valence electrons. The van der Waals surface area contributed by atoms with Crippen molar-refractivity contribution in [3.63, 3.8) is 0 Å². The first-order valence-corrected chi connectivity index (χ1v) is 10.9. The van der Waals surface area contributed by atoms with E-state index in [0.29, 0.717) is 5.70 Å². The normalized spacial score (nSPS) is 11.6. The van der Waals surface area contributed by atoms with Crippen molar-refractivity contribution in [2.45, 2.75) is 34.6 Å². The van der Waals surface area contributed by atoms with E-state index in [1.165, 1.54) is 11.1 Å². The Morgan fingerprint density at radius 3 is 2.00 bits per heavy atom. The summed E-state index contributed by atoms with van der Waals surface area (Å²) in [5.74, 6) is 6.39. The van der Waals surface area contributed by atoms with Gasteiger partial charge in [-0.3, -0.25) is 5.01 Å². The molecule has 33 heavy (non-hydrogen) atoms. The minimum Gasteiger partial charge on any atom is -0.397 e. The van der Waals surface area contributed by atoms with Crippen LogP contribution in [-0.2, 0) is 0 Å². The fourth-order valence-corrected chi connectivity index (χ4v) is 4.11. The largest absolute Gasteiger partial charge is 0.397 e. The van der Waals surface area contributed by atoms with Crippen LogP contribution in [0.2, 0.25) is 0 Å². The van der Waals surface area contributed by atoms with Crippen LogP contribution in [0.25, 0.3) is 22.6 Å². The molecule has 0 bridgehead atoms. The van der Waals surface area contributed by atoms with E-state index in [-0.39, 0.29) is 0 Å². The third-order valence-electron chi connectivity index (χ3n) is 5.45. The number of nitrogens with zero attached hydrogens (tertiary/aromatic N) is 4. The first kappa shape index (κ1) is 22.3. The predicted octanol–water partition coefficient (Wildman–Crippen LogP) is 5.11. The van der Waals surface area contributed by atoms with Crippen LogP contribution in [0.5, 0.6) is 0 Å². The summed E-state index contributed by atoms with van der Waals surface area (Å²) >= 11 is 0. The summed E-state index contributed by atoms with van der Waals surface area (Å²) in [6.45, 7) is 10.3. The molecule has 4 aromatic rings. The Morgan fingerprint density at radius 2 is 1.36 bits per heavy atom. The van der Waals surface area contributed by atoms with Crippen LogP contribution < -0.4 is 16.6 Å². The van der Waals surface area contributed by atoms with Crippen molar-refractivity contribution in [3.8, 4) is 16.9 Å². The average Bonchev–Trinajstić information content (AvgIpc) is 3.22. The van der Waals surface area contributed by atoms with E-state index in [0.717, 1.165) is 44.9 Å². The van der Waals surface area contributed by atoms with E-state index in [1.807, 2.05) is 31.3 Å². The van der Waals surface area contributed by atoms with Gasteiger partial charge < -0.3 is 5.73 Å². The molecule has 1 heterocycles. The Labute approximate surface area is 195 Å². The lowest BCUT2D eigenvalue weighted by molar-refractivity contribution is 0.802. The third kappa shape index (κ3) is 5.13. The minimum absolute atomic E-state index is 0.602. The molecule has 0 atom stereocenters. The molecule has 0 aliphatic carbocycles. The van der Waals surface area contributed by atoms with E-state index >= 15 is 0 Å². The van der Waals surface area contributed by atoms with Gasteiger partial charge in [0.1, 0.15) is 5.69 Å². The van der Waals surface area contributed by atoms with Gasteiger partial charge in [0.2, 0.25) is 0 Å². The molecule has 0 saturated heterocycles. The van der Waals surface area contributed by atoms with Crippen molar-refractivity contribution >= 4 is 11.4 Å². The predicted molar refractivity (Wildman–Crippen MR) is 136 cm³/mol. The number of rotatable bonds is 5. The van der Waals surface area contributed by atoms with Gasteiger partial charge in [-0.15, -0.1) is 5.10 Å². The Bertz CT molecular complexity index is 1310. The van der Waals surface area contributed by atoms with Crippen molar-refractivity contribution in [1.82, 2.24) is 15.0 Å². The van der Waals surface area contributed by atoms with E-state index in [2.05, 4.69) is 74.4 Å². The number of aromatic nitrogens is 3. The van der Waals surface area contributed by atoms with E-state index in [4.69, 9.17) is 11.6 Å². The molecule has 0 fully saturated rings. The molecule has 0 aliphatic heterocycles. The molecule has 4 N–H and O–H groups in total. The molecule has 0 unspecified atom stereocenters. The highest BCUT2D eigenvalue weighted by atomic mass is 15.4. The molecular weight excluding hydrogens is 408 g/mol. The van der Waals surface area contributed by atoms with Crippen LogP contribution in [0.3, 0.4) is 0 Å². The highest BCUT2D eigenvalue weighted by Crippen LogP contribution is 2.24. The maximum atomic E-state index is 6.39. The van der Waals surface area contributed by atoms with Crippen LogP contribution in [0.15, 0.2) is 67.0 Å². The van der Waals surface area contributed by atoms with Gasteiger partial charge in [-0.1, -0.05) is 39.6 Å². The van der Waals surface area contributed by atoms with Crippen molar-refractivity contribution in [2.75, 3.05) is 5.01 Å². The lowest BCUT2D eigenvalue weighted by atomic mass is 10.1. The molecule has 3 aromatic carbocycles. The molecule has 0 aliphatic rings. The monoisotopic (exact) mass is 438 g/mol. The lowest BCUT2D eigenvalue weighted by Gasteiger charge is -2.17. The van der Waals surface area contributed by atoms with Crippen LogP contribution in [-0.4, -0.2) is 15.0 Å². The molecule has 1 aromatic heterocycles. The molecule has 0 amide bonds. The van der Waals surface area contributed by atoms with Crippen LogP contribution in [0, 0.1) is 34.6 Å². The van der Waals surface area contributed by atoms with E-state index in [1.54, 1.807) is 15.9 Å². The lowest BCUT2D eigenvalue weighted by Crippen LogP contribution is -2.26. The molecule has 4 rings (SSSR count). The minimum atomic E-state index is 0.602. The van der Waals surface area contributed by atoms with E-state index in [9.17, 15) is 0 Å². The topological polar surface area (TPSA) is 86.0 Å². The summed E-state index contributed by atoms with van der Waals surface area (Å²) in [7, 11) is 0. The van der Waals surface area contributed by atoms with Crippen LogP contribution >= 0.6 is 0 Å². The SMILES string of the molecule is Cc1cc(C)cc(/C(N)=C/N(N)c2cc(C)cc(-n3cc(-c4cc(C)cc(C)c4)nn3)c2)c1. The molecule has 6 nitrogen and oxygen atoms in total. The fourth-order valence-electron chi connectivity index (χ4n) is 4.11. The van der Waals surface area contributed by atoms with Gasteiger partial charge >= 0.3 is 0 Å². The summed E-state index contributed by atoms with van der Waals surface area (Å²) in [6, 6.07) is 18.6. The standard InChI is InChI=1S/C27H30N6/c1-17-6-18(2)9-22(8-17)26(28)15-32(29)24-12-21(5)13-25(14-24)33-16-27(30-31-33)23-10-19(3)7-20(4)11-23/h6-16H,28-29H2,1-5H3/b26-15-. The second-order valence-corrected chi connectivity index (χ2v) is 8.82. The second kappa shape index (κ2) is 8.92. The molecule has 0 saturated carbocycles. The molecule has 0 spiro atoms. The van der Waals surface area contributed by atoms with Gasteiger partial charge in [0, 0.05) is 11.8 Å². The Balaban J connectivity index is 1.65. The second-order valence-electron chi connectivity index (χ2n) is 8.82. The van der Waals surface area contributed by atoms with Gasteiger partial charge in [0.15, 0.2) is 0 Å². The average molecular weight is 439 g/mol. The van der Waals surface area contributed by atoms with Crippen LogP contribution in [0.4, 0.5) is 5.69 Å². The number of nitrogens with two attached hydrogens (primary N) is 2. The number of aryl methyl sites for hydroxylation is 5. The van der Waals surface area contributed by atoms with Gasteiger partial charge in [-0.05, 0) is 88.2 Å². The summed E-state index contributed by atoms with van der Waals surface area (Å²) < 4.78 is 1.77. The van der Waals surface area contributed by atoms with Crippen molar-refractivity contribution in [1.29, 1.82) is 0 Å². The molecule has 6 heteroatoms. The zero-order chi connectivity index (χ0) is 23.7. The third-order valence-corrected chi connectivity index (χ3v) is 5.45. The van der Waals surface area contributed by atoms with Gasteiger partial charge in [-0.2, -0.15) is 0 Å². The highest BCUT2D eigenvalue weighted by Gasteiger charge is 2.10. The van der Waals surface area contributed by atoms with Crippen LogP contribution in [0.1, 0.15) is 33.4 Å². The Hall–Kier alpha value is -3.90. The Kier molecular flexibility index (Phi) is 6.03. The summed E-state index contributed by atoms with van der Waals surface area (Å²) in [5, 5.41) is 10.3. The maximum Gasteiger partial charge on any atom is 0.113 e. The van der Waals surface area contributed by atoms with Crippen molar-refractivity contribution in [3.05, 3.63) is 100 Å². The maximum absolute atomic E-state index is 6.39. The highest BCUT2D eigenvalue weighted by molar-refractivity contribution is 5.68. The first-order valence-electron chi connectivity index (χ1n) is 10.9. The molecular formula is C27H30N6. The van der Waals surface area contributed by atoms with Gasteiger partial charge in [0.25, 0.3) is 0 Å². The number of hydrogen-bond acceptors (Lipinski definition) is 5. The summed E-state index contributed by atoms with van der Waals surface area (Å²) in [5.41, 5.74) is 17.2. The zero-order valence-corrected chi connectivity index (χ0v) is 19.8. The number of hydrogen-bond donors (Lipinski definition) is 2. The van der Waals surface area contributed by atoms with Gasteiger partial charge in [-0.25, -0.2) is 10.5 Å². The number of anilines is 1. The zero-order valence-electron chi connectivity index (χ0n) is 19.8. The quantitative estimate of drug-likeness (QED) is 0.334. The summed E-state index contributed by atoms with van der Waals surface area (Å²) in [4.78, 5) is 0. The smallest absolute Gasteiger partial charge is 0.113 e. The van der Waals surface area contributed by atoms with Crippen molar-refractivity contribution in [2.24, 2.45) is 11.6 Å². The fraction of sp³-hybridized carbons (Fsp3) is 0.185. The van der Waals surface area contributed by atoms with E-state index < -0.39 is 0 Å². The molecule has 0 radical (unpaired) electrons. The summed E-state index contributed by atoms with van der Waals surface area (Å²) in [6.07, 6.45) is 3.68.